The number of nitrogens with one attached hydrogen (secondary N) is 1. The number of hydrogen-bond donors (Lipinski definition) is 1. The molecule has 0 saturated heterocycles. The van der Waals surface area contributed by atoms with Gasteiger partial charge in [0.05, 0.1) is 23.7 Å². The molecular weight excluding hydrogens is 400 g/mol. The highest BCUT2D eigenvalue weighted by molar-refractivity contribution is 6.30. The van der Waals surface area contributed by atoms with Crippen LogP contribution in [0.1, 0.15) is 31.8 Å². The zero-order valence-electron chi connectivity index (χ0n) is 16.5. The van der Waals surface area contributed by atoms with Gasteiger partial charge in [0.25, 0.3) is 0 Å². The maximum Gasteiger partial charge on any atom is 0.337 e. The van der Waals surface area contributed by atoms with Crippen molar-refractivity contribution < 1.29 is 14.3 Å². The van der Waals surface area contributed by atoms with Crippen molar-refractivity contribution in [3.05, 3.63) is 87.9 Å². The second kappa shape index (κ2) is 8.13. The number of aromatic nitrogens is 2. The van der Waals surface area contributed by atoms with E-state index in [-0.39, 0.29) is 18.2 Å². The number of imidazole rings is 1. The Kier molecular flexibility index (Phi) is 5.38. The average molecular weight is 419 g/mol. The molecule has 3 aromatic carbocycles. The molecule has 0 bridgehead atoms. The lowest BCUT2D eigenvalue weighted by molar-refractivity contribution is 0.0600. The van der Waals surface area contributed by atoms with E-state index >= 15 is 0 Å². The topological polar surface area (TPSA) is 72.0 Å². The van der Waals surface area contributed by atoms with E-state index in [1.165, 1.54) is 7.11 Å². The van der Waals surface area contributed by atoms with Crippen molar-refractivity contribution in [2.24, 2.45) is 0 Å². The normalized spacial score (nSPS) is 10.9. The number of aryl methyl sites for hydroxylation is 1. The van der Waals surface area contributed by atoms with Gasteiger partial charge in [-0.05, 0) is 60.5 Å². The summed E-state index contributed by atoms with van der Waals surface area (Å²) in [6.07, 6.45) is 0.279. The zero-order chi connectivity index (χ0) is 21.3. The van der Waals surface area contributed by atoms with Gasteiger partial charge >= 0.3 is 5.97 Å². The van der Waals surface area contributed by atoms with E-state index in [0.717, 1.165) is 27.7 Å². The summed E-state index contributed by atoms with van der Waals surface area (Å²) >= 11 is 6.01. The first kappa shape index (κ1) is 19.9. The molecule has 1 aromatic heterocycles. The number of Topliss-reactive ketones (excluding diaryl/α,β-unsaturated/α-hetero) is 1. The van der Waals surface area contributed by atoms with Crippen LogP contribution in [-0.4, -0.2) is 28.8 Å². The highest BCUT2D eigenvalue weighted by Crippen LogP contribution is 2.26. The predicted octanol–water partition coefficient (Wildman–Crippen LogP) is 5.40. The Morgan fingerprint density at radius 1 is 1.03 bits per heavy atom. The minimum Gasteiger partial charge on any atom is -0.465 e. The summed E-state index contributed by atoms with van der Waals surface area (Å²) in [6.45, 7) is 1.91. The number of carbonyl (C=O) groups is 2. The Bertz CT molecular complexity index is 1280. The highest BCUT2D eigenvalue weighted by Gasteiger charge is 2.14. The summed E-state index contributed by atoms with van der Waals surface area (Å²) < 4.78 is 4.77. The molecule has 4 aromatic rings. The van der Waals surface area contributed by atoms with Crippen molar-refractivity contribution in [3.8, 4) is 11.4 Å². The third-order valence-corrected chi connectivity index (χ3v) is 5.20. The molecule has 0 unspecified atom stereocenters. The lowest BCUT2D eigenvalue weighted by Gasteiger charge is -2.05. The minimum atomic E-state index is -0.378. The smallest absolute Gasteiger partial charge is 0.337 e. The maximum absolute atomic E-state index is 12.7. The Balaban J connectivity index is 1.63. The Hall–Kier alpha value is -3.44. The number of benzene rings is 3. The van der Waals surface area contributed by atoms with E-state index < -0.39 is 0 Å². The number of halogens is 1. The van der Waals surface area contributed by atoms with Crippen molar-refractivity contribution in [1.82, 2.24) is 9.97 Å². The van der Waals surface area contributed by atoms with Gasteiger partial charge in [-0.1, -0.05) is 29.8 Å². The number of aromatic amines is 1. The molecule has 5 nitrogen and oxygen atoms in total. The largest absolute Gasteiger partial charge is 0.465 e. The summed E-state index contributed by atoms with van der Waals surface area (Å²) in [5.41, 5.74) is 5.29. The maximum atomic E-state index is 12.7. The SMILES string of the molecule is COC(=O)c1ccc(-c2nc3ccc(C(=O)Cc4cccc(Cl)c4)cc3[nH]2)c(C)c1. The van der Waals surface area contributed by atoms with Gasteiger partial charge in [-0.15, -0.1) is 0 Å². The van der Waals surface area contributed by atoms with Crippen LogP contribution < -0.4 is 0 Å². The molecule has 0 amide bonds. The number of rotatable bonds is 5. The first-order chi connectivity index (χ1) is 14.4. The fourth-order valence-corrected chi connectivity index (χ4v) is 3.63. The second-order valence-electron chi connectivity index (χ2n) is 7.07. The standard InChI is InChI=1S/C24H19ClN2O3/c1-14-10-17(24(29)30-2)6-8-19(14)23-26-20-9-7-16(13-21(20)27-23)22(28)12-15-4-3-5-18(25)11-15/h3-11,13H,12H2,1-2H3,(H,26,27). The average Bonchev–Trinajstić information content (AvgIpc) is 3.16. The molecule has 150 valence electrons. The summed E-state index contributed by atoms with van der Waals surface area (Å²) in [4.78, 5) is 32.3. The van der Waals surface area contributed by atoms with Crippen LogP contribution >= 0.6 is 11.6 Å². The minimum absolute atomic E-state index is 0.00827. The third-order valence-electron chi connectivity index (χ3n) is 4.96. The highest BCUT2D eigenvalue weighted by atomic mass is 35.5. The molecule has 0 atom stereocenters. The molecule has 4 rings (SSSR count). The molecule has 6 heteroatoms. The Morgan fingerprint density at radius 3 is 2.57 bits per heavy atom. The van der Waals surface area contributed by atoms with Gasteiger partial charge in [0.2, 0.25) is 0 Å². The Morgan fingerprint density at radius 2 is 1.83 bits per heavy atom. The van der Waals surface area contributed by atoms with Gasteiger partial charge in [-0.25, -0.2) is 9.78 Å². The van der Waals surface area contributed by atoms with Crippen molar-refractivity contribution in [2.45, 2.75) is 13.3 Å². The number of H-pyrrole nitrogens is 1. The second-order valence-corrected chi connectivity index (χ2v) is 7.50. The van der Waals surface area contributed by atoms with E-state index in [0.29, 0.717) is 22.0 Å². The zero-order valence-corrected chi connectivity index (χ0v) is 17.3. The van der Waals surface area contributed by atoms with Gasteiger partial charge in [-0.3, -0.25) is 4.79 Å². The molecule has 0 fully saturated rings. The number of carbonyl (C=O) groups excluding carboxylic acids is 2. The number of methoxy groups -OCH3 is 1. The Labute approximate surface area is 178 Å². The number of hydrogen-bond acceptors (Lipinski definition) is 4. The van der Waals surface area contributed by atoms with Gasteiger partial charge < -0.3 is 9.72 Å². The number of esters is 1. The lowest BCUT2D eigenvalue weighted by atomic mass is 10.0. The quantitative estimate of drug-likeness (QED) is 0.347. The van der Waals surface area contributed by atoms with Gasteiger partial charge in [0, 0.05) is 22.6 Å². The summed E-state index contributed by atoms with van der Waals surface area (Å²) in [5.74, 6) is 0.310. The molecule has 0 aliphatic carbocycles. The first-order valence-corrected chi connectivity index (χ1v) is 9.79. The van der Waals surface area contributed by atoms with E-state index in [4.69, 9.17) is 16.3 Å². The van der Waals surface area contributed by atoms with Crippen molar-refractivity contribution >= 4 is 34.4 Å². The monoisotopic (exact) mass is 418 g/mol. The van der Waals surface area contributed by atoms with Crippen LogP contribution in [0.2, 0.25) is 5.02 Å². The molecular formula is C24H19ClN2O3. The third kappa shape index (κ3) is 3.98. The van der Waals surface area contributed by atoms with E-state index in [9.17, 15) is 9.59 Å². The van der Waals surface area contributed by atoms with E-state index in [1.807, 2.05) is 37.3 Å². The molecule has 0 saturated carbocycles. The number of nitrogens with zero attached hydrogens (tertiary/aromatic N) is 1. The molecule has 30 heavy (non-hydrogen) atoms. The summed E-state index contributed by atoms with van der Waals surface area (Å²) in [6, 6.07) is 18.1. The first-order valence-electron chi connectivity index (χ1n) is 9.41. The molecule has 0 spiro atoms. The molecule has 0 radical (unpaired) electrons. The predicted molar refractivity (Wildman–Crippen MR) is 117 cm³/mol. The van der Waals surface area contributed by atoms with Crippen molar-refractivity contribution in [1.29, 1.82) is 0 Å². The van der Waals surface area contributed by atoms with Crippen molar-refractivity contribution in [3.63, 3.8) is 0 Å². The summed E-state index contributed by atoms with van der Waals surface area (Å²) in [5, 5.41) is 0.613. The van der Waals surface area contributed by atoms with Crippen LogP contribution in [0.5, 0.6) is 0 Å². The number of fused-ring (bicyclic) bond motifs is 1. The fraction of sp³-hybridized carbons (Fsp3) is 0.125. The van der Waals surface area contributed by atoms with Crippen LogP contribution in [0.25, 0.3) is 22.4 Å². The number of ketones is 1. The molecule has 0 aliphatic rings. The molecule has 1 N–H and O–H groups in total. The van der Waals surface area contributed by atoms with Crippen LogP contribution in [0.15, 0.2) is 60.7 Å². The molecule has 1 heterocycles. The van der Waals surface area contributed by atoms with Gasteiger partial charge in [0.15, 0.2) is 5.78 Å². The van der Waals surface area contributed by atoms with Gasteiger partial charge in [0.1, 0.15) is 5.82 Å². The lowest BCUT2D eigenvalue weighted by Crippen LogP contribution is -2.03. The van der Waals surface area contributed by atoms with Crippen LogP contribution in [0, 0.1) is 6.92 Å². The van der Waals surface area contributed by atoms with Gasteiger partial charge in [-0.2, -0.15) is 0 Å². The van der Waals surface area contributed by atoms with E-state index in [1.54, 1.807) is 30.3 Å². The molecule has 0 aliphatic heterocycles. The van der Waals surface area contributed by atoms with Crippen LogP contribution in [0.4, 0.5) is 0 Å². The van der Waals surface area contributed by atoms with Crippen molar-refractivity contribution in [2.75, 3.05) is 7.11 Å². The van der Waals surface area contributed by atoms with Crippen LogP contribution in [-0.2, 0) is 11.2 Å². The van der Waals surface area contributed by atoms with E-state index in [2.05, 4.69) is 9.97 Å². The fourth-order valence-electron chi connectivity index (χ4n) is 3.42. The summed E-state index contributed by atoms with van der Waals surface area (Å²) in [7, 11) is 1.36. The number of ether oxygens (including phenoxy) is 1. The van der Waals surface area contributed by atoms with Crippen LogP contribution in [0.3, 0.4) is 0 Å².